The lowest BCUT2D eigenvalue weighted by atomic mass is 9.53. The third-order valence-electron chi connectivity index (χ3n) is 6.21. The summed E-state index contributed by atoms with van der Waals surface area (Å²) in [6.45, 7) is 1.01. The lowest BCUT2D eigenvalue weighted by molar-refractivity contribution is -0.127. The average molecular weight is 297 g/mol. The number of hydrogen-bond donors (Lipinski definition) is 0. The minimum Gasteiger partial charge on any atom is -0.493 e. The number of hydrogen-bond acceptors (Lipinski definition) is 4. The molecule has 1 spiro atoms. The maximum atomic E-state index is 12.5. The zero-order valence-corrected chi connectivity index (χ0v) is 12.8. The van der Waals surface area contributed by atoms with Crippen LogP contribution in [0.3, 0.4) is 0 Å². The van der Waals surface area contributed by atoms with Crippen LogP contribution in [-0.2, 0) is 16.6 Å². The van der Waals surface area contributed by atoms with Gasteiger partial charge in [0.15, 0.2) is 23.4 Å². The highest BCUT2D eigenvalue weighted by atomic mass is 16.5. The van der Waals surface area contributed by atoms with Crippen molar-refractivity contribution in [1.82, 2.24) is 4.90 Å². The fraction of sp³-hybridized carbons (Fsp3) is 0.500. The molecule has 4 nitrogen and oxygen atoms in total. The number of methoxy groups -OCH3 is 1. The zero-order valence-electron chi connectivity index (χ0n) is 12.8. The van der Waals surface area contributed by atoms with Crippen molar-refractivity contribution < 1.29 is 14.3 Å². The fourth-order valence-electron chi connectivity index (χ4n) is 5.23. The molecule has 2 bridgehead atoms. The molecule has 0 saturated carbocycles. The largest absolute Gasteiger partial charge is 0.493 e. The van der Waals surface area contributed by atoms with Crippen LogP contribution in [0.4, 0.5) is 0 Å². The number of piperidine rings is 1. The van der Waals surface area contributed by atoms with Crippen molar-refractivity contribution in [3.8, 4) is 11.5 Å². The van der Waals surface area contributed by atoms with Crippen LogP contribution in [0.1, 0.15) is 17.5 Å². The molecule has 0 amide bonds. The van der Waals surface area contributed by atoms with Crippen LogP contribution in [0.2, 0.25) is 0 Å². The number of nitrogens with zero attached hydrogens (tertiary/aromatic N) is 1. The van der Waals surface area contributed by atoms with E-state index in [0.29, 0.717) is 12.0 Å². The van der Waals surface area contributed by atoms with E-state index in [-0.39, 0.29) is 17.3 Å². The molecule has 5 rings (SSSR count). The molecule has 1 aromatic rings. The van der Waals surface area contributed by atoms with Crippen LogP contribution in [0, 0.1) is 5.92 Å². The molecule has 114 valence electrons. The molecule has 0 aromatic heterocycles. The smallest absolute Gasteiger partial charge is 0.196 e. The van der Waals surface area contributed by atoms with Gasteiger partial charge in [-0.2, -0.15) is 0 Å². The first-order valence-corrected chi connectivity index (χ1v) is 7.96. The number of rotatable bonds is 1. The molecule has 2 heterocycles. The second kappa shape index (κ2) is 3.93. The van der Waals surface area contributed by atoms with E-state index in [1.54, 1.807) is 13.2 Å². The Morgan fingerprint density at radius 2 is 2.27 bits per heavy atom. The van der Waals surface area contributed by atoms with Gasteiger partial charge in [-0.1, -0.05) is 12.1 Å². The van der Waals surface area contributed by atoms with Crippen molar-refractivity contribution in [3.63, 3.8) is 0 Å². The number of likely N-dealkylation sites (tertiary alicyclic amines) is 1. The number of ether oxygens (including phenoxy) is 2. The highest BCUT2D eigenvalue weighted by Crippen LogP contribution is 2.61. The Morgan fingerprint density at radius 3 is 3.09 bits per heavy atom. The van der Waals surface area contributed by atoms with Gasteiger partial charge in [0, 0.05) is 17.5 Å². The molecular formula is C18H19NO3. The van der Waals surface area contributed by atoms with Gasteiger partial charge in [0.25, 0.3) is 0 Å². The van der Waals surface area contributed by atoms with Gasteiger partial charge in [0.2, 0.25) is 0 Å². The summed E-state index contributed by atoms with van der Waals surface area (Å²) in [5, 5.41) is 0. The number of ketones is 1. The highest BCUT2D eigenvalue weighted by Gasteiger charge is 2.64. The molecule has 22 heavy (non-hydrogen) atoms. The Morgan fingerprint density at radius 1 is 1.41 bits per heavy atom. The van der Waals surface area contributed by atoms with Crippen LogP contribution in [0.15, 0.2) is 24.3 Å². The van der Waals surface area contributed by atoms with Crippen molar-refractivity contribution in [2.24, 2.45) is 5.92 Å². The first-order chi connectivity index (χ1) is 10.7. The second-order valence-electron chi connectivity index (χ2n) is 6.96. The van der Waals surface area contributed by atoms with Gasteiger partial charge < -0.3 is 14.4 Å². The first kappa shape index (κ1) is 12.7. The second-order valence-corrected chi connectivity index (χ2v) is 6.96. The summed E-state index contributed by atoms with van der Waals surface area (Å²) < 4.78 is 11.7. The molecule has 0 radical (unpaired) electrons. The van der Waals surface area contributed by atoms with Crippen LogP contribution in [0.5, 0.6) is 11.5 Å². The third kappa shape index (κ3) is 1.23. The summed E-state index contributed by atoms with van der Waals surface area (Å²) in [5.74, 6) is 2.03. The number of benzene rings is 1. The van der Waals surface area contributed by atoms with E-state index in [0.717, 1.165) is 30.9 Å². The third-order valence-corrected chi connectivity index (χ3v) is 6.21. The minimum absolute atomic E-state index is 0.102. The highest BCUT2D eigenvalue weighted by molar-refractivity contribution is 5.98. The molecule has 1 fully saturated rings. The molecule has 0 N–H and O–H groups in total. The van der Waals surface area contributed by atoms with E-state index in [4.69, 9.17) is 9.47 Å². The molecule has 1 aromatic carbocycles. The zero-order chi connectivity index (χ0) is 15.1. The van der Waals surface area contributed by atoms with Crippen molar-refractivity contribution in [2.75, 3.05) is 20.7 Å². The molecular weight excluding hydrogens is 278 g/mol. The SMILES string of the molecule is COc1ccc2c3c1O[C@@H]1C(=O)C=C[C@H]4[C@@H](C2)N(C)CC[C@]314. The minimum atomic E-state index is -0.371. The van der Waals surface area contributed by atoms with Crippen molar-refractivity contribution in [3.05, 3.63) is 35.4 Å². The molecule has 2 aliphatic carbocycles. The molecule has 4 aliphatic rings. The molecule has 4 heteroatoms. The number of carbonyl (C=O) groups excluding carboxylic acids is 1. The molecule has 2 aliphatic heterocycles. The van der Waals surface area contributed by atoms with E-state index < -0.39 is 0 Å². The van der Waals surface area contributed by atoms with E-state index in [9.17, 15) is 4.79 Å². The maximum Gasteiger partial charge on any atom is 0.196 e. The van der Waals surface area contributed by atoms with E-state index in [1.165, 1.54) is 11.1 Å². The Kier molecular flexibility index (Phi) is 2.27. The summed E-state index contributed by atoms with van der Waals surface area (Å²) in [5.41, 5.74) is 2.40. The Hall–Kier alpha value is -1.81. The van der Waals surface area contributed by atoms with E-state index in [1.807, 2.05) is 6.07 Å². The van der Waals surface area contributed by atoms with Gasteiger partial charge in [-0.3, -0.25) is 4.79 Å². The normalized spacial score (nSPS) is 37.7. The van der Waals surface area contributed by atoms with Crippen LogP contribution >= 0.6 is 0 Å². The average Bonchev–Trinajstić information content (AvgIpc) is 2.88. The van der Waals surface area contributed by atoms with Gasteiger partial charge in [-0.15, -0.1) is 0 Å². The number of likely N-dealkylation sites (N-methyl/N-ethyl adjacent to an activating group) is 1. The van der Waals surface area contributed by atoms with Gasteiger partial charge in [0.1, 0.15) is 0 Å². The number of carbonyl (C=O) groups is 1. The predicted molar refractivity (Wildman–Crippen MR) is 81.5 cm³/mol. The summed E-state index contributed by atoms with van der Waals surface area (Å²) in [6, 6.07) is 4.60. The van der Waals surface area contributed by atoms with Gasteiger partial charge in [-0.05, 0) is 44.1 Å². The summed E-state index contributed by atoms with van der Waals surface area (Å²) in [4.78, 5) is 15.0. The summed E-state index contributed by atoms with van der Waals surface area (Å²) >= 11 is 0. The monoisotopic (exact) mass is 297 g/mol. The van der Waals surface area contributed by atoms with Crippen molar-refractivity contribution in [1.29, 1.82) is 0 Å². The van der Waals surface area contributed by atoms with Crippen LogP contribution in [0.25, 0.3) is 0 Å². The Balaban J connectivity index is 1.84. The Bertz CT molecular complexity index is 725. The summed E-state index contributed by atoms with van der Waals surface area (Å²) in [6.07, 6.45) is 5.50. The van der Waals surface area contributed by atoms with Gasteiger partial charge in [-0.25, -0.2) is 0 Å². The fourth-order valence-corrected chi connectivity index (χ4v) is 5.23. The van der Waals surface area contributed by atoms with E-state index in [2.05, 4.69) is 24.1 Å². The van der Waals surface area contributed by atoms with Crippen LogP contribution < -0.4 is 9.47 Å². The van der Waals surface area contributed by atoms with E-state index >= 15 is 0 Å². The maximum absolute atomic E-state index is 12.5. The first-order valence-electron chi connectivity index (χ1n) is 7.96. The quantitative estimate of drug-likeness (QED) is 0.791. The molecule has 1 saturated heterocycles. The van der Waals surface area contributed by atoms with Crippen molar-refractivity contribution >= 4 is 5.78 Å². The standard InChI is InChI=1S/C18H19NO3/c1-19-8-7-18-11-4-5-13(20)17(18)22-16-14(21-2)6-3-10(15(16)18)9-12(11)19/h3-6,11-12,17H,7-9H2,1-2H3/t11-,12+,17+,18-/m0/s1. The molecule has 4 atom stereocenters. The molecule has 0 unspecified atom stereocenters. The predicted octanol–water partition coefficient (Wildman–Crippen LogP) is 1.71. The van der Waals surface area contributed by atoms with Gasteiger partial charge in [0.05, 0.1) is 12.5 Å². The topological polar surface area (TPSA) is 38.8 Å². The Labute approximate surface area is 129 Å². The van der Waals surface area contributed by atoms with Crippen LogP contribution in [-0.4, -0.2) is 43.5 Å². The van der Waals surface area contributed by atoms with Gasteiger partial charge >= 0.3 is 0 Å². The van der Waals surface area contributed by atoms with Crippen molar-refractivity contribution in [2.45, 2.75) is 30.4 Å². The lowest BCUT2D eigenvalue weighted by Gasteiger charge is -2.55. The summed E-state index contributed by atoms with van der Waals surface area (Å²) in [7, 11) is 3.86. The lowest BCUT2D eigenvalue weighted by Crippen LogP contribution is -2.64.